The van der Waals surface area contributed by atoms with E-state index in [2.05, 4.69) is 15.3 Å². The van der Waals surface area contributed by atoms with Crippen molar-refractivity contribution in [3.63, 3.8) is 0 Å². The molecule has 1 saturated heterocycles. The van der Waals surface area contributed by atoms with E-state index in [4.69, 9.17) is 9.47 Å². The van der Waals surface area contributed by atoms with Crippen molar-refractivity contribution in [3.8, 4) is 22.2 Å². The van der Waals surface area contributed by atoms with Gasteiger partial charge < -0.3 is 24.6 Å². The molecule has 1 aliphatic carbocycles. The standard InChI is InChI=1S/C33H36F3N5O5S/c1-18-25(45-4)11-10-22-26(14-23(37-28(18)22)29-38-27(17-47-29)33(34,35)36)46-21-13-24-30(43)40(3)12-8-6-5-7-9-20-15-32(20,19(2)42)39-31(44)41(24)16-21/h7,9-11,14,17,20-21,24H,5-6,8,12-13,15-16H2,1-4H3,(H,39,44)/b9-7-/t20-,21-,24-,32-/m0/s1. The zero-order valence-electron chi connectivity index (χ0n) is 26.5. The van der Waals surface area contributed by atoms with Crippen LogP contribution in [0.4, 0.5) is 18.0 Å². The van der Waals surface area contributed by atoms with Gasteiger partial charge in [-0.05, 0) is 51.7 Å². The monoisotopic (exact) mass is 671 g/mol. The second-order valence-corrected chi connectivity index (χ2v) is 13.3. The van der Waals surface area contributed by atoms with Crippen LogP contribution in [0.5, 0.6) is 11.5 Å². The zero-order valence-corrected chi connectivity index (χ0v) is 27.3. The normalized spacial score (nSPS) is 25.9. The highest BCUT2D eigenvalue weighted by Gasteiger charge is 2.59. The minimum absolute atomic E-state index is 0.0499. The van der Waals surface area contributed by atoms with Crippen molar-refractivity contribution in [1.82, 2.24) is 25.1 Å². The largest absolute Gasteiger partial charge is 0.496 e. The first kappa shape index (κ1) is 32.7. The van der Waals surface area contributed by atoms with Crippen molar-refractivity contribution < 1.29 is 37.0 Å². The summed E-state index contributed by atoms with van der Waals surface area (Å²) in [7, 11) is 3.23. The average molecular weight is 672 g/mol. The number of amides is 3. The number of aryl methyl sites for hydroxylation is 1. The van der Waals surface area contributed by atoms with Gasteiger partial charge in [0.25, 0.3) is 0 Å². The van der Waals surface area contributed by atoms with Gasteiger partial charge in [-0.25, -0.2) is 14.8 Å². The molecule has 10 nitrogen and oxygen atoms in total. The lowest BCUT2D eigenvalue weighted by Crippen LogP contribution is -2.54. The molecular formula is C33H36F3N5O5S. The molecule has 0 radical (unpaired) electrons. The summed E-state index contributed by atoms with van der Waals surface area (Å²) < 4.78 is 52.2. The number of alkyl halides is 3. The Kier molecular flexibility index (Phi) is 8.66. The van der Waals surface area contributed by atoms with E-state index < -0.39 is 35.6 Å². The summed E-state index contributed by atoms with van der Waals surface area (Å²) in [6.07, 6.45) is 1.94. The number of ketones is 1. The Balaban J connectivity index is 1.35. The third-order valence-electron chi connectivity index (χ3n) is 9.31. The van der Waals surface area contributed by atoms with E-state index in [0.717, 1.165) is 36.0 Å². The zero-order chi connectivity index (χ0) is 33.7. The Bertz CT molecular complexity index is 1760. The number of hydrogen-bond acceptors (Lipinski definition) is 8. The Hall–Kier alpha value is -4.20. The molecule has 4 heterocycles. The van der Waals surface area contributed by atoms with Gasteiger partial charge in [0.1, 0.15) is 39.9 Å². The SMILES string of the molecule is COc1ccc2c(O[C@H]3C[C@H]4C(=O)N(C)CCCC/C=C\[C@H]5C[C@@]5(C(C)=O)NC(=O)N4C3)cc(-c3nc(C(F)(F)F)cs3)nc2c1C. The third kappa shape index (κ3) is 6.27. The van der Waals surface area contributed by atoms with Crippen molar-refractivity contribution in [2.75, 3.05) is 27.2 Å². The van der Waals surface area contributed by atoms with Crippen LogP contribution in [0.2, 0.25) is 0 Å². The topological polar surface area (TPSA) is 114 Å². The fourth-order valence-corrected chi connectivity index (χ4v) is 7.29. The van der Waals surface area contributed by atoms with Crippen LogP contribution in [0.1, 0.15) is 50.3 Å². The van der Waals surface area contributed by atoms with Gasteiger partial charge in [0, 0.05) is 48.3 Å². The van der Waals surface area contributed by atoms with Crippen LogP contribution in [-0.2, 0) is 15.8 Å². The number of allylic oxidation sites excluding steroid dienone is 1. The Morgan fingerprint density at radius 3 is 2.66 bits per heavy atom. The summed E-state index contributed by atoms with van der Waals surface area (Å²) in [5.41, 5.74) is -0.717. The van der Waals surface area contributed by atoms with Crippen LogP contribution in [0.25, 0.3) is 21.6 Å². The number of nitrogens with zero attached hydrogens (tertiary/aromatic N) is 4. The number of aromatic nitrogens is 2. The molecule has 14 heteroatoms. The van der Waals surface area contributed by atoms with Gasteiger partial charge in [0.05, 0.1) is 19.2 Å². The minimum atomic E-state index is -4.61. The fourth-order valence-electron chi connectivity index (χ4n) is 6.51. The van der Waals surface area contributed by atoms with Crippen LogP contribution in [0.3, 0.4) is 0 Å². The van der Waals surface area contributed by atoms with Crippen molar-refractivity contribution in [2.45, 2.75) is 69.8 Å². The van der Waals surface area contributed by atoms with Crippen LogP contribution >= 0.6 is 11.3 Å². The second-order valence-electron chi connectivity index (χ2n) is 12.4. The molecule has 2 aliphatic heterocycles. The summed E-state index contributed by atoms with van der Waals surface area (Å²) in [6.45, 7) is 3.83. The number of fused-ring (bicyclic) bond motifs is 3. The van der Waals surface area contributed by atoms with Crippen LogP contribution < -0.4 is 14.8 Å². The number of benzene rings is 1. The number of rotatable bonds is 5. The molecule has 0 bridgehead atoms. The van der Waals surface area contributed by atoms with Gasteiger partial charge in [0.2, 0.25) is 5.91 Å². The van der Waals surface area contributed by atoms with Gasteiger partial charge in [-0.15, -0.1) is 11.3 Å². The summed E-state index contributed by atoms with van der Waals surface area (Å²) in [4.78, 5) is 51.8. The number of carbonyl (C=O) groups excluding carboxylic acids is 3. The summed E-state index contributed by atoms with van der Waals surface area (Å²) in [6, 6.07) is 3.69. The molecule has 1 aromatic carbocycles. The smallest absolute Gasteiger partial charge is 0.434 e. The average Bonchev–Trinajstić information content (AvgIpc) is 3.33. The van der Waals surface area contributed by atoms with E-state index in [1.54, 1.807) is 37.1 Å². The van der Waals surface area contributed by atoms with Crippen LogP contribution in [0, 0.1) is 12.8 Å². The molecule has 2 fully saturated rings. The molecule has 4 atom stereocenters. The molecule has 2 aromatic heterocycles. The van der Waals surface area contributed by atoms with Gasteiger partial charge >= 0.3 is 12.2 Å². The molecule has 3 aliphatic rings. The number of ether oxygens (including phenoxy) is 2. The molecule has 0 spiro atoms. The lowest BCUT2D eigenvalue weighted by molar-refractivity contribution is -0.140. The van der Waals surface area contributed by atoms with Crippen molar-refractivity contribution in [1.29, 1.82) is 0 Å². The van der Waals surface area contributed by atoms with E-state index in [9.17, 15) is 27.6 Å². The van der Waals surface area contributed by atoms with Crippen molar-refractivity contribution >= 4 is 40.0 Å². The maximum Gasteiger partial charge on any atom is 0.434 e. The maximum absolute atomic E-state index is 13.8. The molecule has 3 aromatic rings. The number of hydrogen-bond donors (Lipinski definition) is 1. The molecule has 3 amide bonds. The summed E-state index contributed by atoms with van der Waals surface area (Å²) in [5, 5.41) is 4.53. The highest BCUT2D eigenvalue weighted by Crippen LogP contribution is 2.46. The quantitative estimate of drug-likeness (QED) is 0.343. The first-order valence-corrected chi connectivity index (χ1v) is 16.4. The lowest BCUT2D eigenvalue weighted by Gasteiger charge is -2.29. The summed E-state index contributed by atoms with van der Waals surface area (Å²) >= 11 is 0.819. The first-order chi connectivity index (χ1) is 22.3. The van der Waals surface area contributed by atoms with Gasteiger partial charge in [-0.3, -0.25) is 9.59 Å². The molecule has 0 unspecified atom stereocenters. The minimum Gasteiger partial charge on any atom is -0.496 e. The van der Waals surface area contributed by atoms with Crippen LogP contribution in [-0.4, -0.2) is 82.4 Å². The third-order valence-corrected chi connectivity index (χ3v) is 10.2. The highest BCUT2D eigenvalue weighted by molar-refractivity contribution is 7.13. The van der Waals surface area contributed by atoms with E-state index in [1.165, 1.54) is 18.9 Å². The number of halogens is 3. The Morgan fingerprint density at radius 2 is 1.96 bits per heavy atom. The van der Waals surface area contributed by atoms with Gasteiger partial charge in [0.15, 0.2) is 11.5 Å². The van der Waals surface area contributed by atoms with Crippen molar-refractivity contribution in [2.24, 2.45) is 5.92 Å². The summed E-state index contributed by atoms with van der Waals surface area (Å²) in [5.74, 6) is 0.384. The second kappa shape index (κ2) is 12.4. The molecule has 250 valence electrons. The lowest BCUT2D eigenvalue weighted by atomic mass is 10.1. The fraction of sp³-hybridized carbons (Fsp3) is 0.485. The number of pyridine rings is 1. The number of carbonyl (C=O) groups is 3. The van der Waals surface area contributed by atoms with Crippen LogP contribution in [0.15, 0.2) is 35.7 Å². The number of likely N-dealkylation sites (N-methyl/N-ethyl adjacent to an activating group) is 1. The maximum atomic E-state index is 13.8. The predicted molar refractivity (Wildman–Crippen MR) is 169 cm³/mol. The number of urea groups is 1. The number of nitrogens with one attached hydrogen (secondary N) is 1. The molecular weight excluding hydrogens is 635 g/mol. The van der Waals surface area contributed by atoms with E-state index in [0.29, 0.717) is 40.9 Å². The predicted octanol–water partition coefficient (Wildman–Crippen LogP) is 5.77. The number of Topliss-reactive ketones (excluding diaryl/α,β-unsaturated/α-hetero) is 1. The van der Waals surface area contributed by atoms with Crippen molar-refractivity contribution in [3.05, 3.63) is 47.0 Å². The Morgan fingerprint density at radius 1 is 1.17 bits per heavy atom. The molecule has 6 rings (SSSR count). The van der Waals surface area contributed by atoms with Gasteiger partial charge in [-0.1, -0.05) is 12.2 Å². The Labute approximate surface area is 273 Å². The highest BCUT2D eigenvalue weighted by atomic mass is 32.1. The molecule has 1 N–H and O–H groups in total. The first-order valence-electron chi connectivity index (χ1n) is 15.5. The van der Waals surface area contributed by atoms with Gasteiger partial charge in [-0.2, -0.15) is 13.2 Å². The van der Waals surface area contributed by atoms with E-state index >= 15 is 0 Å². The van der Waals surface area contributed by atoms with E-state index in [1.807, 2.05) is 12.2 Å². The molecule has 47 heavy (non-hydrogen) atoms. The number of thiazole rings is 1. The molecule has 1 saturated carbocycles. The number of methoxy groups -OCH3 is 1. The van der Waals surface area contributed by atoms with E-state index in [-0.39, 0.29) is 41.3 Å².